The number of aromatic nitrogens is 4. The van der Waals surface area contributed by atoms with Gasteiger partial charge in [0.2, 0.25) is 0 Å². The molecule has 0 bridgehead atoms. The van der Waals surface area contributed by atoms with E-state index < -0.39 is 11.8 Å². The van der Waals surface area contributed by atoms with E-state index in [4.69, 9.17) is 23.9 Å². The average molecular weight is 1040 g/mol. The Kier molecular flexibility index (Phi) is 14.3. The van der Waals surface area contributed by atoms with E-state index in [1.165, 1.54) is 4.90 Å². The Bertz CT molecular complexity index is 3800. The van der Waals surface area contributed by atoms with E-state index in [0.717, 1.165) is 27.2 Å². The second kappa shape index (κ2) is 21.5. The molecular weight excluding hydrogens is 983 g/mol. The van der Waals surface area contributed by atoms with Crippen molar-refractivity contribution in [2.45, 2.75) is 59.0 Å². The number of carbonyl (C=O) groups excluding carboxylic acids is 4. The fraction of sp³-hybridized carbons (Fsp3) is 0.254. The van der Waals surface area contributed by atoms with E-state index >= 15 is 0 Å². The third kappa shape index (κ3) is 9.80. The molecule has 390 valence electrons. The largest absolute Gasteiger partial charge is 0.493 e. The van der Waals surface area contributed by atoms with Crippen molar-refractivity contribution in [3.8, 4) is 23.0 Å². The van der Waals surface area contributed by atoms with Crippen LogP contribution in [0.3, 0.4) is 0 Å². The molecule has 18 heteroatoms. The Morgan fingerprint density at radius 1 is 0.519 bits per heavy atom. The molecule has 77 heavy (non-hydrogen) atoms. The van der Waals surface area contributed by atoms with Crippen LogP contribution in [0.15, 0.2) is 124 Å². The number of fused-ring (bicyclic) bond motifs is 4. The Morgan fingerprint density at radius 2 is 1.05 bits per heavy atom. The van der Waals surface area contributed by atoms with Crippen LogP contribution in [0.4, 0.5) is 5.69 Å². The molecule has 2 aromatic heterocycles. The third-order valence-corrected chi connectivity index (χ3v) is 14.3. The predicted octanol–water partition coefficient (Wildman–Crippen LogP) is 7.35. The van der Waals surface area contributed by atoms with Gasteiger partial charge in [-0.1, -0.05) is 42.5 Å². The van der Waals surface area contributed by atoms with Crippen LogP contribution in [-0.2, 0) is 45.2 Å². The number of amides is 4. The number of rotatable bonds is 20. The monoisotopic (exact) mass is 1040 g/mol. The van der Waals surface area contributed by atoms with Crippen molar-refractivity contribution in [2.75, 3.05) is 41.0 Å². The Hall–Kier alpha value is -9.32. The molecule has 0 spiro atoms. The Labute approximate surface area is 441 Å². The number of nitroso groups, excluding NO2 is 1. The summed E-state index contributed by atoms with van der Waals surface area (Å²) in [7, 11) is 4.67. The normalized spacial score (nSPS) is 12.9. The van der Waals surface area contributed by atoms with Crippen molar-refractivity contribution < 1.29 is 43.1 Å². The van der Waals surface area contributed by atoms with Crippen LogP contribution >= 0.6 is 0 Å². The predicted molar refractivity (Wildman–Crippen MR) is 286 cm³/mol. The summed E-state index contributed by atoms with van der Waals surface area (Å²) < 4.78 is 26.3. The highest BCUT2D eigenvalue weighted by Gasteiger charge is 2.37. The van der Waals surface area contributed by atoms with Gasteiger partial charge in [-0.15, -0.1) is 4.91 Å². The molecule has 4 heterocycles. The Morgan fingerprint density at radius 3 is 1.62 bits per heavy atom. The zero-order valence-corrected chi connectivity index (χ0v) is 43.1. The second-order valence-electron chi connectivity index (χ2n) is 19.0. The molecule has 2 aliphatic rings. The minimum Gasteiger partial charge on any atom is -0.493 e. The van der Waals surface area contributed by atoms with E-state index in [1.54, 1.807) is 104 Å². The van der Waals surface area contributed by atoms with Crippen LogP contribution in [0, 0.1) is 18.8 Å². The number of nitrogens with one attached hydrogen (secondary N) is 1. The minimum atomic E-state index is -0.419. The summed E-state index contributed by atoms with van der Waals surface area (Å²) in [5, 5.41) is 3.87. The number of hydrogen-bond acceptors (Lipinski definition) is 13. The van der Waals surface area contributed by atoms with Gasteiger partial charge in [-0.2, -0.15) is 4.57 Å². The minimum absolute atomic E-state index is 0.0176. The highest BCUT2D eigenvalue weighted by atomic mass is 16.5. The van der Waals surface area contributed by atoms with Gasteiger partial charge in [0.15, 0.2) is 34.2 Å². The van der Waals surface area contributed by atoms with Crippen LogP contribution in [0.25, 0.3) is 21.8 Å². The SMILES string of the molecule is COc1ccc(CCn2c(CCN3C(=O)c4ccccc4C3=O)nc3c(C)cc(CCOc4cc(CCn5c(CCN6C(=O)c7ccccc7C6=O)[nH+]c6c(N=O)cc(C)cc6c5=O)ccc4OC)cc3c2=O)cc1OC. The van der Waals surface area contributed by atoms with Crippen LogP contribution < -0.4 is 35.0 Å². The smallest absolute Gasteiger partial charge is 0.345 e. The van der Waals surface area contributed by atoms with Crippen molar-refractivity contribution in [3.05, 3.63) is 197 Å². The molecule has 18 nitrogen and oxygen atoms in total. The number of imide groups is 2. The number of H-pyrrole nitrogens is 1. The van der Waals surface area contributed by atoms with Gasteiger partial charge in [-0.25, -0.2) is 14.8 Å². The van der Waals surface area contributed by atoms with E-state index in [1.807, 2.05) is 49.4 Å². The van der Waals surface area contributed by atoms with Crippen LogP contribution in [0.2, 0.25) is 0 Å². The summed E-state index contributed by atoms with van der Waals surface area (Å²) in [6.45, 7) is 4.32. The van der Waals surface area contributed by atoms with E-state index in [-0.39, 0.29) is 85.2 Å². The van der Waals surface area contributed by atoms with Crippen LogP contribution in [0.1, 0.15) is 80.9 Å². The highest BCUT2D eigenvalue weighted by Crippen LogP contribution is 2.31. The number of nitrogens with zero attached hydrogens (tertiary/aromatic N) is 6. The maximum Gasteiger partial charge on any atom is 0.345 e. The van der Waals surface area contributed by atoms with Gasteiger partial charge in [-0.3, -0.25) is 38.3 Å². The first-order valence-corrected chi connectivity index (χ1v) is 25.2. The zero-order valence-electron chi connectivity index (χ0n) is 43.1. The number of ether oxygens (including phenoxy) is 4. The topological polar surface area (TPSA) is 212 Å². The van der Waals surface area contributed by atoms with E-state index in [2.05, 4.69) is 10.2 Å². The summed E-state index contributed by atoms with van der Waals surface area (Å²) in [5.41, 5.74) is 5.54. The molecule has 2 aliphatic heterocycles. The first-order valence-electron chi connectivity index (χ1n) is 25.2. The van der Waals surface area contributed by atoms with Gasteiger partial charge in [0, 0.05) is 38.9 Å². The first-order chi connectivity index (χ1) is 37.3. The van der Waals surface area contributed by atoms with Crippen LogP contribution in [-0.4, -0.2) is 88.6 Å². The number of methoxy groups -OCH3 is 3. The van der Waals surface area contributed by atoms with E-state index in [9.17, 15) is 33.7 Å². The Balaban J connectivity index is 0.885. The average Bonchev–Trinajstić information content (AvgIpc) is 3.84. The number of benzene rings is 6. The van der Waals surface area contributed by atoms with Crippen molar-refractivity contribution in [1.82, 2.24) is 23.9 Å². The molecule has 0 fully saturated rings. The molecule has 8 aromatic rings. The maximum atomic E-state index is 14.7. The second-order valence-corrected chi connectivity index (χ2v) is 19.0. The van der Waals surface area contributed by atoms with Gasteiger partial charge < -0.3 is 18.9 Å². The lowest BCUT2D eigenvalue weighted by molar-refractivity contribution is -0.366. The summed E-state index contributed by atoms with van der Waals surface area (Å²) in [6.07, 6.45) is 1.46. The van der Waals surface area contributed by atoms with Crippen LogP contribution in [0.5, 0.6) is 23.0 Å². The molecule has 1 N–H and O–H groups in total. The maximum absolute atomic E-state index is 14.7. The lowest BCUT2D eigenvalue weighted by Crippen LogP contribution is -2.37. The van der Waals surface area contributed by atoms with Gasteiger partial charge >= 0.3 is 5.56 Å². The quantitative estimate of drug-likeness (QED) is 0.0542. The lowest BCUT2D eigenvalue weighted by Gasteiger charge is -2.18. The molecule has 10 rings (SSSR count). The zero-order chi connectivity index (χ0) is 54.1. The first kappa shape index (κ1) is 51.2. The number of carbonyl (C=O) groups is 4. The standard InChI is InChI=1S/C59H53N7O11/c1-34-28-43-53(45(29-34)62-73)61-51(21-26-66-56(69)41-12-8-9-13-42(41)57(66)70)64(58(43)71)24-19-37-15-17-47(75-4)49(33-37)77-27-22-38-30-35(2)52-44(31-38)59(72)63(23-18-36-14-16-46(74-3)48(32-36)76-5)50(60-52)20-25-65-54(67)39-10-6-7-11-40(39)55(65)68/h6-17,28-33H,18-27H2,1-5H3/p+1. The molecule has 0 saturated carbocycles. The molecule has 4 amide bonds. The molecule has 0 saturated heterocycles. The summed E-state index contributed by atoms with van der Waals surface area (Å²) in [6, 6.07) is 31.5. The van der Waals surface area contributed by atoms with Crippen molar-refractivity contribution >= 4 is 51.1 Å². The van der Waals surface area contributed by atoms with Gasteiger partial charge in [0.05, 0.1) is 74.1 Å². The molecule has 0 aliphatic carbocycles. The summed E-state index contributed by atoms with van der Waals surface area (Å²) in [5.74, 6) is 1.31. The fourth-order valence-electron chi connectivity index (χ4n) is 10.3. The summed E-state index contributed by atoms with van der Waals surface area (Å²) in [4.78, 5) is 105. The van der Waals surface area contributed by atoms with Gasteiger partial charge in [-0.05, 0) is 120 Å². The number of aromatic amines is 1. The molecule has 6 aromatic carbocycles. The van der Waals surface area contributed by atoms with Crippen molar-refractivity contribution in [3.63, 3.8) is 0 Å². The molecular formula is C59H54N7O11+. The summed E-state index contributed by atoms with van der Waals surface area (Å²) >= 11 is 0. The molecule has 0 unspecified atom stereocenters. The van der Waals surface area contributed by atoms with E-state index in [0.29, 0.717) is 92.6 Å². The molecule has 0 radical (unpaired) electrons. The lowest BCUT2D eigenvalue weighted by atomic mass is 10.0. The van der Waals surface area contributed by atoms with Crippen molar-refractivity contribution in [2.24, 2.45) is 5.18 Å². The third-order valence-electron chi connectivity index (χ3n) is 14.3. The van der Waals surface area contributed by atoms with Gasteiger partial charge in [0.1, 0.15) is 11.2 Å². The van der Waals surface area contributed by atoms with Gasteiger partial charge in [0.25, 0.3) is 35.0 Å². The van der Waals surface area contributed by atoms with Crippen molar-refractivity contribution in [1.29, 1.82) is 0 Å². The number of aryl methyl sites for hydroxylation is 4. The molecule has 0 atom stereocenters. The number of hydrogen-bond donors (Lipinski definition) is 0. The highest BCUT2D eigenvalue weighted by molar-refractivity contribution is 6.22. The fourth-order valence-corrected chi connectivity index (χ4v) is 10.3.